The van der Waals surface area contributed by atoms with E-state index in [1.807, 2.05) is 0 Å². The van der Waals surface area contributed by atoms with E-state index < -0.39 is 47.5 Å². The Kier molecular flexibility index (Phi) is 8.48. The van der Waals surface area contributed by atoms with E-state index in [9.17, 15) is 29.4 Å². The molecule has 4 atom stereocenters. The Morgan fingerprint density at radius 3 is 1.33 bits per heavy atom. The molecule has 4 unspecified atom stereocenters. The minimum atomic E-state index is -0.964. The zero-order chi connectivity index (χ0) is 19.8. The van der Waals surface area contributed by atoms with Crippen molar-refractivity contribution in [2.45, 2.75) is 51.4 Å². The largest absolute Gasteiger partial charge is 0.481 e. The first-order valence-electron chi connectivity index (χ1n) is 9.41. The lowest BCUT2D eigenvalue weighted by atomic mass is 9.79. The molecule has 0 radical (unpaired) electrons. The molecule has 0 spiro atoms. The molecule has 152 valence electrons. The van der Waals surface area contributed by atoms with Crippen molar-refractivity contribution in [3.05, 3.63) is 0 Å². The van der Waals surface area contributed by atoms with Crippen molar-refractivity contribution >= 4 is 32.5 Å². The first kappa shape index (κ1) is 21.6. The quantitative estimate of drug-likeness (QED) is 0.360. The van der Waals surface area contributed by atoms with Gasteiger partial charge in [-0.05, 0) is 34.3 Å². The van der Waals surface area contributed by atoms with Gasteiger partial charge in [0.15, 0.2) is 0 Å². The molecular formula is C18H27O8P. The van der Waals surface area contributed by atoms with Crippen LogP contribution in [0.5, 0.6) is 0 Å². The van der Waals surface area contributed by atoms with Crippen molar-refractivity contribution in [1.82, 2.24) is 0 Å². The van der Waals surface area contributed by atoms with E-state index >= 15 is 0 Å². The topological polar surface area (TPSA) is 127 Å². The lowest BCUT2D eigenvalue weighted by Crippen LogP contribution is -2.34. The molecule has 0 saturated heterocycles. The second-order valence-electron chi connectivity index (χ2n) is 7.14. The third kappa shape index (κ3) is 6.16. The first-order valence-corrected chi connectivity index (χ1v) is 10.8. The number of esters is 2. The van der Waals surface area contributed by atoms with Gasteiger partial charge in [-0.3, -0.25) is 19.2 Å². The molecule has 0 amide bonds. The molecule has 8 nitrogen and oxygen atoms in total. The Bertz CT molecular complexity index is 516. The van der Waals surface area contributed by atoms with Crippen molar-refractivity contribution < 1.29 is 38.9 Å². The molecule has 0 aromatic heterocycles. The average molecular weight is 402 g/mol. The van der Waals surface area contributed by atoms with Gasteiger partial charge >= 0.3 is 23.9 Å². The highest BCUT2D eigenvalue weighted by molar-refractivity contribution is 7.37. The van der Waals surface area contributed by atoms with Crippen LogP contribution in [-0.2, 0) is 28.7 Å². The summed E-state index contributed by atoms with van der Waals surface area (Å²) in [6.45, 7) is 0. The lowest BCUT2D eigenvalue weighted by Gasteiger charge is -2.27. The summed E-state index contributed by atoms with van der Waals surface area (Å²) in [4.78, 5) is 46.7. The van der Waals surface area contributed by atoms with Crippen molar-refractivity contribution in [1.29, 1.82) is 0 Å². The van der Waals surface area contributed by atoms with E-state index in [1.165, 1.54) is 0 Å². The molecule has 2 saturated carbocycles. The van der Waals surface area contributed by atoms with Gasteiger partial charge in [0.2, 0.25) is 0 Å². The number of carboxylic acid groups (broad SMARTS) is 2. The van der Waals surface area contributed by atoms with Crippen molar-refractivity contribution in [2.75, 3.05) is 12.7 Å². The fourth-order valence-electron chi connectivity index (χ4n) is 3.92. The minimum Gasteiger partial charge on any atom is -0.481 e. The van der Waals surface area contributed by atoms with Gasteiger partial charge in [0.25, 0.3) is 0 Å². The van der Waals surface area contributed by atoms with Gasteiger partial charge in [-0.15, -0.1) is 0 Å². The van der Waals surface area contributed by atoms with Crippen LogP contribution in [0.1, 0.15) is 51.4 Å². The number of rotatable bonds is 8. The summed E-state index contributed by atoms with van der Waals surface area (Å²) in [6.07, 6.45) is 5.39. The van der Waals surface area contributed by atoms with Gasteiger partial charge < -0.3 is 19.7 Å². The number of carbonyl (C=O) groups is 4. The predicted octanol–water partition coefficient (Wildman–Crippen LogP) is 2.45. The van der Waals surface area contributed by atoms with Crippen LogP contribution in [0.15, 0.2) is 0 Å². The third-order valence-corrected chi connectivity index (χ3v) is 6.10. The second-order valence-corrected chi connectivity index (χ2v) is 8.21. The fraction of sp³-hybridized carbons (Fsp3) is 0.778. The van der Waals surface area contributed by atoms with Gasteiger partial charge in [-0.1, -0.05) is 25.7 Å². The number of hydrogen-bond donors (Lipinski definition) is 2. The van der Waals surface area contributed by atoms with E-state index in [-0.39, 0.29) is 21.3 Å². The summed E-state index contributed by atoms with van der Waals surface area (Å²) in [6, 6.07) is 0. The molecule has 2 aliphatic carbocycles. The highest BCUT2D eigenvalue weighted by atomic mass is 31.1. The maximum Gasteiger partial charge on any atom is 0.310 e. The second kappa shape index (κ2) is 10.6. The highest BCUT2D eigenvalue weighted by Crippen LogP contribution is 2.33. The van der Waals surface area contributed by atoms with E-state index in [0.717, 1.165) is 25.7 Å². The molecule has 0 heterocycles. The van der Waals surface area contributed by atoms with E-state index in [0.29, 0.717) is 25.7 Å². The normalized spacial score (nSPS) is 28.6. The number of aliphatic carboxylic acids is 2. The molecule has 0 bridgehead atoms. The zero-order valence-corrected chi connectivity index (χ0v) is 16.2. The highest BCUT2D eigenvalue weighted by Gasteiger charge is 2.37. The van der Waals surface area contributed by atoms with Crippen LogP contribution in [-0.4, -0.2) is 46.8 Å². The van der Waals surface area contributed by atoms with Crippen LogP contribution in [0, 0.1) is 23.7 Å². The molecule has 2 aliphatic rings. The van der Waals surface area contributed by atoms with E-state index in [1.54, 1.807) is 0 Å². The SMILES string of the molecule is O=C(O)C1CCCCC1C(=O)OCPCOC(=O)C1CCCCC1C(=O)O. The third-order valence-electron chi connectivity index (χ3n) is 5.40. The van der Waals surface area contributed by atoms with Gasteiger partial charge in [-0.2, -0.15) is 0 Å². The Hall–Kier alpha value is -1.69. The number of hydrogen-bond acceptors (Lipinski definition) is 6. The summed E-state index contributed by atoms with van der Waals surface area (Å²) in [5, 5.41) is 18.4. The summed E-state index contributed by atoms with van der Waals surface area (Å²) in [5.74, 6) is -5.53. The van der Waals surface area contributed by atoms with Crippen LogP contribution in [0.25, 0.3) is 0 Å². The van der Waals surface area contributed by atoms with Gasteiger partial charge in [-0.25, -0.2) is 0 Å². The molecule has 2 fully saturated rings. The fourth-order valence-corrected chi connectivity index (χ4v) is 4.49. The van der Waals surface area contributed by atoms with Crippen LogP contribution in [0.2, 0.25) is 0 Å². The van der Waals surface area contributed by atoms with E-state index in [2.05, 4.69) is 0 Å². The number of ether oxygens (including phenoxy) is 2. The molecule has 0 aliphatic heterocycles. The molecule has 2 N–H and O–H groups in total. The molecule has 0 aromatic rings. The van der Waals surface area contributed by atoms with Crippen LogP contribution in [0.4, 0.5) is 0 Å². The summed E-state index contributed by atoms with van der Waals surface area (Å²) < 4.78 is 10.3. The van der Waals surface area contributed by atoms with Crippen LogP contribution < -0.4 is 0 Å². The van der Waals surface area contributed by atoms with Crippen LogP contribution in [0.3, 0.4) is 0 Å². The maximum atomic E-state index is 12.1. The maximum absolute atomic E-state index is 12.1. The molecular weight excluding hydrogens is 375 g/mol. The van der Waals surface area contributed by atoms with E-state index in [4.69, 9.17) is 9.47 Å². The predicted molar refractivity (Wildman–Crippen MR) is 96.4 cm³/mol. The van der Waals surface area contributed by atoms with Crippen molar-refractivity contribution in [3.8, 4) is 0 Å². The van der Waals surface area contributed by atoms with Gasteiger partial charge in [0.1, 0.15) is 12.7 Å². The Morgan fingerprint density at radius 2 is 1.00 bits per heavy atom. The molecule has 0 aromatic carbocycles. The Balaban J connectivity index is 1.69. The summed E-state index contributed by atoms with van der Waals surface area (Å²) >= 11 is 0. The molecule has 9 heteroatoms. The van der Waals surface area contributed by atoms with Crippen molar-refractivity contribution in [3.63, 3.8) is 0 Å². The first-order chi connectivity index (χ1) is 12.9. The Morgan fingerprint density at radius 1 is 0.667 bits per heavy atom. The average Bonchev–Trinajstić information content (AvgIpc) is 2.67. The molecule has 2 rings (SSSR count). The van der Waals surface area contributed by atoms with Gasteiger partial charge in [0.05, 0.1) is 23.7 Å². The van der Waals surface area contributed by atoms with Gasteiger partial charge in [0, 0.05) is 0 Å². The van der Waals surface area contributed by atoms with Crippen molar-refractivity contribution in [2.24, 2.45) is 23.7 Å². The number of carbonyl (C=O) groups excluding carboxylic acids is 2. The lowest BCUT2D eigenvalue weighted by molar-refractivity contribution is -0.158. The Labute approximate surface area is 159 Å². The number of carboxylic acids is 2. The minimum absolute atomic E-state index is 0.0386. The smallest absolute Gasteiger partial charge is 0.310 e. The zero-order valence-electron chi connectivity index (χ0n) is 15.2. The summed E-state index contributed by atoms with van der Waals surface area (Å²) in [7, 11) is 0.0386. The summed E-state index contributed by atoms with van der Waals surface area (Å²) in [5.41, 5.74) is 0. The molecule has 27 heavy (non-hydrogen) atoms. The monoisotopic (exact) mass is 402 g/mol. The van der Waals surface area contributed by atoms with Crippen LogP contribution >= 0.6 is 8.58 Å². The standard InChI is InChI=1S/C18H27O8P/c19-15(20)11-5-1-3-7-13(11)17(23)25-9-27-10-26-18(24)14-8-4-2-6-12(14)16(21)22/h11-14,27H,1-10H2,(H,19,20)(H,21,22).